The number of hydrogen-bond acceptors (Lipinski definition) is 4. The second-order valence-electron chi connectivity index (χ2n) is 5.26. The second kappa shape index (κ2) is 6.83. The van der Waals surface area contributed by atoms with Crippen molar-refractivity contribution < 1.29 is 13.7 Å². The number of carbonyl (C=O) groups is 1. The van der Waals surface area contributed by atoms with E-state index in [9.17, 15) is 9.00 Å². The molecule has 0 fully saturated rings. The van der Waals surface area contributed by atoms with Crippen LogP contribution >= 0.6 is 0 Å². The van der Waals surface area contributed by atoms with Gasteiger partial charge in [0.15, 0.2) is 0 Å². The van der Waals surface area contributed by atoms with E-state index in [2.05, 4.69) is 10.6 Å². The Balaban J connectivity index is 1.63. The number of methoxy groups -OCH3 is 1. The van der Waals surface area contributed by atoms with Crippen LogP contribution in [0.4, 0.5) is 0 Å². The van der Waals surface area contributed by atoms with Crippen molar-refractivity contribution in [3.8, 4) is 5.75 Å². The summed E-state index contributed by atoms with van der Waals surface area (Å²) in [4.78, 5) is 12.6. The Morgan fingerprint density at radius 2 is 2.00 bits per heavy atom. The summed E-state index contributed by atoms with van der Waals surface area (Å²) in [6, 6.07) is 7.43. The normalized spacial score (nSPS) is 25.1. The van der Waals surface area contributed by atoms with E-state index in [-0.39, 0.29) is 22.1 Å². The minimum absolute atomic E-state index is 0.0148. The first kappa shape index (κ1) is 15.6. The molecule has 0 saturated carbocycles. The third-order valence-electron chi connectivity index (χ3n) is 3.79. The molecule has 0 bridgehead atoms. The van der Waals surface area contributed by atoms with Crippen LogP contribution in [-0.2, 0) is 22.1 Å². The summed E-state index contributed by atoms with van der Waals surface area (Å²) in [5.74, 6) is 0.455. The van der Waals surface area contributed by atoms with E-state index >= 15 is 0 Å². The van der Waals surface area contributed by atoms with Gasteiger partial charge in [0.25, 0.3) is 5.91 Å². The predicted molar refractivity (Wildman–Crippen MR) is 90.1 cm³/mol. The molecule has 120 valence electrons. The number of ether oxygens (including phenoxy) is 1. The molecule has 1 aliphatic carbocycles. The molecule has 0 radical (unpaired) electrons. The number of fused-ring (bicyclic) bond motifs is 1. The Hall–Kier alpha value is -2.34. The first-order valence-electron chi connectivity index (χ1n) is 7.32. The lowest BCUT2D eigenvalue weighted by molar-refractivity contribution is -0.117. The van der Waals surface area contributed by atoms with Crippen LogP contribution < -0.4 is 15.4 Å². The number of allylic oxidation sites excluding steroid dienone is 2. The highest BCUT2D eigenvalue weighted by atomic mass is 32.2. The molecule has 1 aromatic carbocycles. The van der Waals surface area contributed by atoms with E-state index < -0.39 is 10.8 Å². The summed E-state index contributed by atoms with van der Waals surface area (Å²) in [5.41, 5.74) is 0.952. The highest BCUT2D eigenvalue weighted by Crippen LogP contribution is 2.21. The average Bonchev–Trinajstić information content (AvgIpc) is 2.60. The Morgan fingerprint density at radius 3 is 2.74 bits per heavy atom. The molecule has 3 rings (SSSR count). The van der Waals surface area contributed by atoms with Gasteiger partial charge in [0.1, 0.15) is 10.7 Å². The number of benzene rings is 1. The van der Waals surface area contributed by atoms with E-state index in [1.165, 1.54) is 0 Å². The van der Waals surface area contributed by atoms with Crippen LogP contribution in [0.1, 0.15) is 5.56 Å². The first-order valence-corrected chi connectivity index (χ1v) is 8.53. The molecule has 1 heterocycles. The standard InChI is InChI=1S/C17H18N2O3S/c1-22-13-8-6-12(7-9-13)10-19-17(20)16-11-18-14-4-2-3-5-15(14)23(16)21/h2-9,11,14-15,18H,10H2,1H3,(H,19,20). The van der Waals surface area contributed by atoms with Gasteiger partial charge >= 0.3 is 0 Å². The molecular weight excluding hydrogens is 312 g/mol. The van der Waals surface area contributed by atoms with E-state index in [0.29, 0.717) is 6.54 Å². The predicted octanol–water partition coefficient (Wildman–Crippen LogP) is 1.37. The molecule has 6 heteroatoms. The lowest BCUT2D eigenvalue weighted by atomic mass is 10.1. The molecule has 3 atom stereocenters. The van der Waals surface area contributed by atoms with Crippen molar-refractivity contribution in [3.63, 3.8) is 0 Å². The maximum absolute atomic E-state index is 12.5. The first-order chi connectivity index (χ1) is 11.2. The topological polar surface area (TPSA) is 67.4 Å². The van der Waals surface area contributed by atoms with Crippen LogP contribution in [0.2, 0.25) is 0 Å². The van der Waals surface area contributed by atoms with Gasteiger partial charge in [0.05, 0.1) is 29.2 Å². The Morgan fingerprint density at radius 1 is 1.26 bits per heavy atom. The number of hydrogen-bond donors (Lipinski definition) is 2. The minimum Gasteiger partial charge on any atom is -0.497 e. The smallest absolute Gasteiger partial charge is 0.262 e. The van der Waals surface area contributed by atoms with Crippen molar-refractivity contribution in [2.24, 2.45) is 0 Å². The van der Waals surface area contributed by atoms with E-state index in [1.54, 1.807) is 13.3 Å². The van der Waals surface area contributed by atoms with Crippen LogP contribution in [0.5, 0.6) is 5.75 Å². The van der Waals surface area contributed by atoms with Gasteiger partial charge in [-0.2, -0.15) is 0 Å². The van der Waals surface area contributed by atoms with Crippen molar-refractivity contribution in [2.75, 3.05) is 7.11 Å². The van der Waals surface area contributed by atoms with Crippen molar-refractivity contribution in [2.45, 2.75) is 17.8 Å². The molecule has 2 N–H and O–H groups in total. The van der Waals surface area contributed by atoms with Gasteiger partial charge in [-0.15, -0.1) is 0 Å². The molecule has 5 nitrogen and oxygen atoms in total. The van der Waals surface area contributed by atoms with Crippen LogP contribution in [0, 0.1) is 0 Å². The van der Waals surface area contributed by atoms with E-state index in [4.69, 9.17) is 4.74 Å². The zero-order chi connectivity index (χ0) is 16.2. The third-order valence-corrected chi connectivity index (χ3v) is 5.47. The summed E-state index contributed by atoms with van der Waals surface area (Å²) in [6.45, 7) is 0.376. The summed E-state index contributed by atoms with van der Waals surface area (Å²) in [6.07, 6.45) is 9.15. The van der Waals surface area contributed by atoms with Gasteiger partial charge in [-0.3, -0.25) is 9.00 Å². The van der Waals surface area contributed by atoms with Crippen LogP contribution in [0.3, 0.4) is 0 Å². The number of nitrogens with one attached hydrogen (secondary N) is 2. The van der Waals surface area contributed by atoms with E-state index in [0.717, 1.165) is 11.3 Å². The van der Waals surface area contributed by atoms with Crippen LogP contribution in [0.25, 0.3) is 0 Å². The molecule has 2 aliphatic rings. The number of amides is 1. The Labute approximate surface area is 137 Å². The summed E-state index contributed by atoms with van der Waals surface area (Å²) < 4.78 is 17.6. The van der Waals surface area contributed by atoms with E-state index in [1.807, 2.05) is 48.6 Å². The van der Waals surface area contributed by atoms with Gasteiger partial charge < -0.3 is 15.4 Å². The fourth-order valence-electron chi connectivity index (χ4n) is 2.49. The Kier molecular flexibility index (Phi) is 4.62. The number of rotatable bonds is 4. The van der Waals surface area contributed by atoms with Crippen molar-refractivity contribution in [3.05, 3.63) is 65.2 Å². The molecule has 0 saturated heterocycles. The fraction of sp³-hybridized carbons (Fsp3) is 0.235. The average molecular weight is 330 g/mol. The van der Waals surface area contributed by atoms with Crippen molar-refractivity contribution >= 4 is 16.7 Å². The monoisotopic (exact) mass is 330 g/mol. The van der Waals surface area contributed by atoms with Gasteiger partial charge in [-0.25, -0.2) is 0 Å². The van der Waals surface area contributed by atoms with Crippen molar-refractivity contribution in [1.29, 1.82) is 0 Å². The lowest BCUT2D eigenvalue weighted by Gasteiger charge is -2.29. The number of carbonyl (C=O) groups excluding carboxylic acids is 1. The lowest BCUT2D eigenvalue weighted by Crippen LogP contribution is -2.45. The molecule has 1 aliphatic heterocycles. The summed E-state index contributed by atoms with van der Waals surface area (Å²) in [7, 11) is 0.249. The molecule has 3 unspecified atom stereocenters. The maximum Gasteiger partial charge on any atom is 0.262 e. The molecule has 0 spiro atoms. The van der Waals surface area contributed by atoms with Gasteiger partial charge in [0, 0.05) is 12.7 Å². The SMILES string of the molecule is COc1ccc(CNC(=O)C2=CNC3C=CC=CC3S2=O)cc1. The quantitative estimate of drug-likeness (QED) is 0.875. The molecule has 23 heavy (non-hydrogen) atoms. The fourth-order valence-corrected chi connectivity index (χ4v) is 3.89. The zero-order valence-electron chi connectivity index (χ0n) is 12.7. The molecule has 1 amide bonds. The molecular formula is C17H18N2O3S. The summed E-state index contributed by atoms with van der Waals surface area (Å²) >= 11 is 0. The van der Waals surface area contributed by atoms with Gasteiger partial charge in [-0.1, -0.05) is 36.4 Å². The minimum atomic E-state index is -1.36. The van der Waals surface area contributed by atoms with Crippen molar-refractivity contribution in [1.82, 2.24) is 10.6 Å². The molecule has 1 aromatic rings. The maximum atomic E-state index is 12.5. The van der Waals surface area contributed by atoms with Gasteiger partial charge in [0.2, 0.25) is 0 Å². The molecule has 0 aromatic heterocycles. The highest BCUT2D eigenvalue weighted by Gasteiger charge is 2.33. The third kappa shape index (κ3) is 3.37. The summed E-state index contributed by atoms with van der Waals surface area (Å²) in [5, 5.41) is 5.73. The van der Waals surface area contributed by atoms with Crippen LogP contribution in [0.15, 0.2) is 59.7 Å². The van der Waals surface area contributed by atoms with Gasteiger partial charge in [-0.05, 0) is 17.7 Å². The zero-order valence-corrected chi connectivity index (χ0v) is 13.5. The largest absolute Gasteiger partial charge is 0.497 e. The second-order valence-corrected chi connectivity index (χ2v) is 6.84. The Bertz CT molecular complexity index is 707. The van der Waals surface area contributed by atoms with Crippen LogP contribution in [-0.4, -0.2) is 28.5 Å². The highest BCUT2D eigenvalue weighted by molar-refractivity contribution is 7.91.